The van der Waals surface area contributed by atoms with Gasteiger partial charge in [-0.25, -0.2) is 5.84 Å². The van der Waals surface area contributed by atoms with E-state index in [1.165, 1.54) is 6.07 Å². The lowest BCUT2D eigenvalue weighted by molar-refractivity contribution is -0.385. The third kappa shape index (κ3) is 1.50. The van der Waals surface area contributed by atoms with Gasteiger partial charge in [0.15, 0.2) is 11.5 Å². The molecule has 1 heterocycles. The highest BCUT2D eigenvalue weighted by molar-refractivity contribution is 5.98. The van der Waals surface area contributed by atoms with Gasteiger partial charge in [-0.05, 0) is 0 Å². The van der Waals surface area contributed by atoms with Crippen LogP contribution in [0.5, 0.6) is 11.5 Å². The van der Waals surface area contributed by atoms with E-state index in [0.29, 0.717) is 0 Å². The van der Waals surface area contributed by atoms with Gasteiger partial charge in [0.2, 0.25) is 6.79 Å². The van der Waals surface area contributed by atoms with Gasteiger partial charge >= 0.3 is 0 Å². The number of nitro benzene ring substituents is 1. The molecule has 1 aromatic rings. The first kappa shape index (κ1) is 10.2. The first-order valence-corrected chi connectivity index (χ1v) is 4.22. The molecule has 3 N–H and O–H groups in total. The number of nitro groups is 1. The fraction of sp³-hybridized carbons (Fsp3) is 0.125. The molecular weight excluding hydrogens is 218 g/mol. The van der Waals surface area contributed by atoms with Gasteiger partial charge in [0.1, 0.15) is 5.56 Å². The Morgan fingerprint density at radius 3 is 2.62 bits per heavy atom. The van der Waals surface area contributed by atoms with Crippen molar-refractivity contribution in [1.82, 2.24) is 5.43 Å². The minimum atomic E-state index is -0.759. The highest BCUT2D eigenvalue weighted by atomic mass is 16.7. The fourth-order valence-electron chi connectivity index (χ4n) is 1.34. The molecule has 16 heavy (non-hydrogen) atoms. The number of hydrogen-bond acceptors (Lipinski definition) is 6. The predicted molar refractivity (Wildman–Crippen MR) is 50.9 cm³/mol. The van der Waals surface area contributed by atoms with Crippen LogP contribution in [0.4, 0.5) is 5.69 Å². The van der Waals surface area contributed by atoms with E-state index in [0.717, 1.165) is 6.07 Å². The summed E-state index contributed by atoms with van der Waals surface area (Å²) in [4.78, 5) is 21.3. The van der Waals surface area contributed by atoms with Crippen LogP contribution in [0.15, 0.2) is 12.1 Å². The van der Waals surface area contributed by atoms with E-state index in [4.69, 9.17) is 15.3 Å². The number of carbonyl (C=O) groups is 1. The van der Waals surface area contributed by atoms with Gasteiger partial charge in [0.25, 0.3) is 11.6 Å². The summed E-state index contributed by atoms with van der Waals surface area (Å²) in [6, 6.07) is 2.36. The first-order valence-electron chi connectivity index (χ1n) is 4.22. The lowest BCUT2D eigenvalue weighted by Gasteiger charge is -2.03. The summed E-state index contributed by atoms with van der Waals surface area (Å²) in [5.41, 5.74) is 1.28. The predicted octanol–water partition coefficient (Wildman–Crippen LogP) is -0.0730. The average molecular weight is 225 g/mol. The summed E-state index contributed by atoms with van der Waals surface area (Å²) in [5.74, 6) is 4.68. The summed E-state index contributed by atoms with van der Waals surface area (Å²) >= 11 is 0. The summed E-state index contributed by atoms with van der Waals surface area (Å²) in [5, 5.41) is 10.7. The molecular formula is C8H7N3O5. The highest BCUT2D eigenvalue weighted by Gasteiger charge is 2.26. The van der Waals surface area contributed by atoms with E-state index in [1.54, 1.807) is 0 Å². The molecule has 0 radical (unpaired) electrons. The number of nitrogens with one attached hydrogen (secondary N) is 1. The molecule has 2 rings (SSSR count). The van der Waals surface area contributed by atoms with Gasteiger partial charge in [-0.15, -0.1) is 0 Å². The second kappa shape index (κ2) is 3.66. The van der Waals surface area contributed by atoms with E-state index < -0.39 is 10.8 Å². The second-order valence-corrected chi connectivity index (χ2v) is 2.95. The molecule has 8 heteroatoms. The lowest BCUT2D eigenvalue weighted by atomic mass is 10.1. The van der Waals surface area contributed by atoms with Crippen molar-refractivity contribution >= 4 is 11.6 Å². The van der Waals surface area contributed by atoms with Crippen molar-refractivity contribution in [2.24, 2.45) is 5.84 Å². The van der Waals surface area contributed by atoms with Gasteiger partial charge in [0.05, 0.1) is 11.0 Å². The molecule has 1 amide bonds. The number of nitrogen functional groups attached to an aromatic ring is 1. The molecule has 1 aliphatic rings. The number of hydrogen-bond donors (Lipinski definition) is 2. The van der Waals surface area contributed by atoms with E-state index in [2.05, 4.69) is 0 Å². The zero-order valence-electron chi connectivity index (χ0n) is 7.93. The molecule has 0 aliphatic carbocycles. The van der Waals surface area contributed by atoms with E-state index >= 15 is 0 Å². The Kier molecular flexibility index (Phi) is 2.33. The Labute approximate surface area is 89.1 Å². The van der Waals surface area contributed by atoms with Crippen LogP contribution < -0.4 is 20.7 Å². The van der Waals surface area contributed by atoms with Crippen LogP contribution in [0.25, 0.3) is 0 Å². The van der Waals surface area contributed by atoms with Gasteiger partial charge in [0, 0.05) is 6.07 Å². The van der Waals surface area contributed by atoms with E-state index in [9.17, 15) is 14.9 Å². The van der Waals surface area contributed by atoms with Crippen molar-refractivity contribution in [1.29, 1.82) is 0 Å². The van der Waals surface area contributed by atoms with Crippen molar-refractivity contribution in [3.8, 4) is 11.5 Å². The Hall–Kier alpha value is -2.35. The number of amides is 1. The maximum Gasteiger partial charge on any atom is 0.286 e. The molecule has 0 atom stereocenters. The van der Waals surface area contributed by atoms with Crippen LogP contribution in [0.3, 0.4) is 0 Å². The van der Waals surface area contributed by atoms with Crippen molar-refractivity contribution < 1.29 is 19.2 Å². The van der Waals surface area contributed by atoms with Crippen molar-refractivity contribution in [2.45, 2.75) is 0 Å². The Morgan fingerprint density at radius 1 is 1.44 bits per heavy atom. The number of hydrazine groups is 1. The number of fused-ring (bicyclic) bond motifs is 1. The second-order valence-electron chi connectivity index (χ2n) is 2.95. The van der Waals surface area contributed by atoms with Crippen molar-refractivity contribution in [3.05, 3.63) is 27.8 Å². The molecule has 0 bridgehead atoms. The van der Waals surface area contributed by atoms with Crippen LogP contribution in [-0.4, -0.2) is 17.6 Å². The van der Waals surface area contributed by atoms with Crippen LogP contribution >= 0.6 is 0 Å². The van der Waals surface area contributed by atoms with Crippen LogP contribution in [0.1, 0.15) is 10.4 Å². The van der Waals surface area contributed by atoms with Gasteiger partial charge in [-0.1, -0.05) is 0 Å². The molecule has 0 fully saturated rings. The van der Waals surface area contributed by atoms with E-state index in [-0.39, 0.29) is 29.5 Å². The Morgan fingerprint density at radius 2 is 2.06 bits per heavy atom. The third-order valence-corrected chi connectivity index (χ3v) is 2.06. The quantitative estimate of drug-likeness (QED) is 0.315. The van der Waals surface area contributed by atoms with Gasteiger partial charge < -0.3 is 9.47 Å². The summed E-state index contributed by atoms with van der Waals surface area (Å²) in [6.45, 7) is -0.0276. The number of ether oxygens (including phenoxy) is 2. The van der Waals surface area contributed by atoms with Gasteiger partial charge in [-0.2, -0.15) is 0 Å². The molecule has 1 aromatic carbocycles. The minimum Gasteiger partial charge on any atom is -0.454 e. The monoisotopic (exact) mass is 225 g/mol. The number of benzene rings is 1. The SMILES string of the molecule is NNC(=O)c1cc2c(cc1[N+](=O)[O-])OCO2. The minimum absolute atomic E-state index is 0.0276. The standard InChI is InChI=1S/C8H7N3O5/c9-10-8(12)4-1-6-7(16-3-15-6)2-5(4)11(13)14/h1-2H,3,9H2,(H,10,12). The van der Waals surface area contributed by atoms with Crippen molar-refractivity contribution in [3.63, 3.8) is 0 Å². The van der Waals surface area contributed by atoms with Crippen LogP contribution in [0, 0.1) is 10.1 Å². The zero-order valence-corrected chi connectivity index (χ0v) is 7.93. The number of carbonyl (C=O) groups excluding carboxylic acids is 1. The normalized spacial score (nSPS) is 12.3. The molecule has 0 unspecified atom stereocenters. The van der Waals surface area contributed by atoms with Crippen LogP contribution in [0.2, 0.25) is 0 Å². The number of nitrogens with two attached hydrogens (primary N) is 1. The summed E-state index contributed by atoms with van der Waals surface area (Å²) in [7, 11) is 0. The Bertz CT molecular complexity index is 473. The molecule has 0 aromatic heterocycles. The smallest absolute Gasteiger partial charge is 0.286 e. The molecule has 1 aliphatic heterocycles. The molecule has 8 nitrogen and oxygen atoms in total. The third-order valence-electron chi connectivity index (χ3n) is 2.06. The average Bonchev–Trinajstić information content (AvgIpc) is 2.73. The molecule has 0 saturated heterocycles. The highest BCUT2D eigenvalue weighted by Crippen LogP contribution is 2.37. The number of nitrogens with zero attached hydrogens (tertiary/aromatic N) is 1. The largest absolute Gasteiger partial charge is 0.454 e. The molecule has 0 spiro atoms. The topological polar surface area (TPSA) is 117 Å². The first-order chi connectivity index (χ1) is 7.63. The lowest BCUT2D eigenvalue weighted by Crippen LogP contribution is -2.30. The maximum atomic E-state index is 11.3. The molecule has 84 valence electrons. The molecule has 0 saturated carbocycles. The van der Waals surface area contributed by atoms with Crippen molar-refractivity contribution in [2.75, 3.05) is 6.79 Å². The zero-order chi connectivity index (χ0) is 11.7. The van der Waals surface area contributed by atoms with E-state index in [1.807, 2.05) is 5.43 Å². The number of rotatable bonds is 2. The summed E-state index contributed by atoms with van der Waals surface area (Å²) < 4.78 is 9.97. The maximum absolute atomic E-state index is 11.3. The fourth-order valence-corrected chi connectivity index (χ4v) is 1.34. The van der Waals surface area contributed by atoms with Gasteiger partial charge in [-0.3, -0.25) is 20.3 Å². The summed E-state index contributed by atoms with van der Waals surface area (Å²) in [6.07, 6.45) is 0. The Balaban J connectivity index is 2.57. The van der Waals surface area contributed by atoms with Crippen LogP contribution in [-0.2, 0) is 0 Å².